The number of aromatic nitrogens is 3. The molecular weight excluding hydrogens is 314 g/mol. The summed E-state index contributed by atoms with van der Waals surface area (Å²) in [5, 5.41) is 13.8. The lowest BCUT2D eigenvalue weighted by molar-refractivity contribution is -0.636. The Bertz CT molecular complexity index is 1110. The Balaban J connectivity index is 1.90. The number of carbonyl (C=O) groups is 1. The van der Waals surface area contributed by atoms with E-state index in [1.165, 1.54) is 0 Å². The van der Waals surface area contributed by atoms with Crippen molar-refractivity contribution in [2.75, 3.05) is 0 Å². The number of benzene rings is 2. The van der Waals surface area contributed by atoms with E-state index in [0.29, 0.717) is 12.1 Å². The fourth-order valence-electron chi connectivity index (χ4n) is 3.11. The summed E-state index contributed by atoms with van der Waals surface area (Å²) in [4.78, 5) is 11.0. The largest absolute Gasteiger partial charge is 0.478 e. The van der Waals surface area contributed by atoms with Gasteiger partial charge in [-0.25, -0.2) is 9.36 Å². The third-order valence-electron chi connectivity index (χ3n) is 4.60. The summed E-state index contributed by atoms with van der Waals surface area (Å²) in [6.45, 7) is 4.73. The highest BCUT2D eigenvalue weighted by atomic mass is 16.4. The van der Waals surface area contributed by atoms with Crippen molar-refractivity contribution in [2.24, 2.45) is 0 Å². The van der Waals surface area contributed by atoms with Crippen molar-refractivity contribution in [1.29, 1.82) is 0 Å². The molecule has 0 unspecified atom stereocenters. The van der Waals surface area contributed by atoms with Crippen LogP contribution in [0.3, 0.4) is 0 Å². The van der Waals surface area contributed by atoms with Gasteiger partial charge in [0.15, 0.2) is 5.52 Å². The second kappa shape index (κ2) is 5.70. The molecule has 1 N–H and O–H groups in total. The van der Waals surface area contributed by atoms with Crippen LogP contribution >= 0.6 is 0 Å². The number of carboxylic acids is 1. The van der Waals surface area contributed by atoms with Gasteiger partial charge in [-0.15, -0.1) is 0 Å². The molecule has 0 aliphatic heterocycles. The molecule has 4 aromatic rings. The third kappa shape index (κ3) is 2.54. The number of fused-ring (bicyclic) bond motifs is 3. The third-order valence-corrected chi connectivity index (χ3v) is 4.60. The molecule has 0 aliphatic carbocycles. The van der Waals surface area contributed by atoms with Crippen LogP contribution in [0.15, 0.2) is 54.6 Å². The fraction of sp³-hybridized carbons (Fsp3) is 0.150. The van der Waals surface area contributed by atoms with E-state index in [4.69, 9.17) is 10.2 Å². The van der Waals surface area contributed by atoms with E-state index in [9.17, 15) is 4.79 Å². The van der Waals surface area contributed by atoms with Crippen LogP contribution in [0.5, 0.6) is 0 Å². The molecule has 5 nitrogen and oxygen atoms in total. The quantitative estimate of drug-likeness (QED) is 0.586. The lowest BCUT2D eigenvalue weighted by Gasteiger charge is -2.02. The van der Waals surface area contributed by atoms with Crippen molar-refractivity contribution in [2.45, 2.75) is 20.4 Å². The highest BCUT2D eigenvalue weighted by molar-refractivity contribution is 5.87. The van der Waals surface area contributed by atoms with Crippen LogP contribution in [-0.2, 0) is 6.54 Å². The summed E-state index contributed by atoms with van der Waals surface area (Å²) >= 11 is 0. The van der Waals surface area contributed by atoms with Gasteiger partial charge in [0.2, 0.25) is 5.52 Å². The molecule has 0 radical (unpaired) electrons. The molecule has 124 valence electrons. The summed E-state index contributed by atoms with van der Waals surface area (Å²) in [5.74, 6) is -0.908. The second-order valence-corrected chi connectivity index (χ2v) is 6.26. The van der Waals surface area contributed by atoms with Gasteiger partial charge in [0.25, 0.3) is 0 Å². The summed E-state index contributed by atoms with van der Waals surface area (Å²) in [6.07, 6.45) is 0. The van der Waals surface area contributed by atoms with Gasteiger partial charge in [-0.2, -0.15) is 0 Å². The van der Waals surface area contributed by atoms with Crippen molar-refractivity contribution >= 4 is 22.6 Å². The molecule has 2 aromatic carbocycles. The van der Waals surface area contributed by atoms with Gasteiger partial charge < -0.3 is 5.11 Å². The van der Waals surface area contributed by atoms with Crippen LogP contribution in [-0.4, -0.2) is 20.7 Å². The van der Waals surface area contributed by atoms with Crippen LogP contribution in [0, 0.1) is 13.8 Å². The SMILES string of the molecule is Cc1cc2n(nc1C)c1ccccc1[n+]2Cc1ccc(C(=O)O)cc1. The van der Waals surface area contributed by atoms with Crippen molar-refractivity contribution in [3.05, 3.63) is 77.0 Å². The molecule has 0 atom stereocenters. The molecule has 0 spiro atoms. The minimum Gasteiger partial charge on any atom is -0.478 e. The molecule has 2 heterocycles. The first kappa shape index (κ1) is 15.3. The maximum Gasteiger partial charge on any atom is 0.335 e. The van der Waals surface area contributed by atoms with E-state index >= 15 is 0 Å². The molecule has 25 heavy (non-hydrogen) atoms. The maximum absolute atomic E-state index is 11.0. The van der Waals surface area contributed by atoms with Gasteiger partial charge in [0.1, 0.15) is 6.54 Å². The lowest BCUT2D eigenvalue weighted by Crippen LogP contribution is -2.34. The lowest BCUT2D eigenvalue weighted by atomic mass is 10.1. The van der Waals surface area contributed by atoms with Gasteiger partial charge in [0.05, 0.1) is 11.3 Å². The number of hydrogen-bond donors (Lipinski definition) is 1. The number of imidazole rings is 1. The molecule has 5 heteroatoms. The number of aromatic carboxylic acids is 1. The zero-order chi connectivity index (χ0) is 17.6. The minimum absolute atomic E-state index is 0.300. The predicted octanol–water partition coefficient (Wildman–Crippen LogP) is 3.14. The number of nitrogens with zero attached hydrogens (tertiary/aromatic N) is 3. The zero-order valence-corrected chi connectivity index (χ0v) is 14.1. The van der Waals surface area contributed by atoms with E-state index in [0.717, 1.165) is 33.5 Å². The number of carboxylic acid groups (broad SMARTS) is 1. The van der Waals surface area contributed by atoms with Crippen molar-refractivity contribution in [1.82, 2.24) is 9.61 Å². The summed E-state index contributed by atoms with van der Waals surface area (Å²) in [7, 11) is 0. The normalized spacial score (nSPS) is 11.3. The number of para-hydroxylation sites is 2. The Labute approximate surface area is 144 Å². The summed E-state index contributed by atoms with van der Waals surface area (Å²) < 4.78 is 4.19. The summed E-state index contributed by atoms with van der Waals surface area (Å²) in [5.41, 5.74) is 6.67. The average Bonchev–Trinajstić information content (AvgIpc) is 2.89. The average molecular weight is 332 g/mol. The summed E-state index contributed by atoms with van der Waals surface area (Å²) in [6, 6.07) is 17.3. The van der Waals surface area contributed by atoms with Crippen LogP contribution < -0.4 is 4.57 Å². The molecule has 0 saturated carbocycles. The van der Waals surface area contributed by atoms with Gasteiger partial charge in [-0.1, -0.05) is 33.9 Å². The van der Waals surface area contributed by atoms with E-state index in [-0.39, 0.29) is 0 Å². The minimum atomic E-state index is -0.908. The predicted molar refractivity (Wildman–Crippen MR) is 94.9 cm³/mol. The Morgan fingerprint density at radius 1 is 1.12 bits per heavy atom. The molecule has 0 amide bonds. The van der Waals surface area contributed by atoms with E-state index in [1.807, 2.05) is 35.7 Å². The van der Waals surface area contributed by atoms with Crippen molar-refractivity contribution in [3.63, 3.8) is 0 Å². The van der Waals surface area contributed by atoms with E-state index in [1.54, 1.807) is 12.1 Å². The Morgan fingerprint density at radius 3 is 2.56 bits per heavy atom. The Hall–Kier alpha value is -3.21. The second-order valence-electron chi connectivity index (χ2n) is 6.26. The Morgan fingerprint density at radius 2 is 1.84 bits per heavy atom. The first-order valence-electron chi connectivity index (χ1n) is 8.14. The Kier molecular flexibility index (Phi) is 3.50. The van der Waals surface area contributed by atoms with E-state index < -0.39 is 5.97 Å². The fourth-order valence-corrected chi connectivity index (χ4v) is 3.11. The zero-order valence-electron chi connectivity index (χ0n) is 14.1. The number of rotatable bonds is 3. The van der Waals surface area contributed by atoms with Gasteiger partial charge in [-0.3, -0.25) is 0 Å². The molecular formula is C20H18N3O2+. The molecule has 2 aromatic heterocycles. The van der Waals surface area contributed by atoms with Crippen LogP contribution in [0.4, 0.5) is 0 Å². The monoisotopic (exact) mass is 332 g/mol. The smallest absolute Gasteiger partial charge is 0.335 e. The van der Waals surface area contributed by atoms with E-state index in [2.05, 4.69) is 29.7 Å². The van der Waals surface area contributed by atoms with Crippen molar-refractivity contribution in [3.8, 4) is 0 Å². The first-order chi connectivity index (χ1) is 12.0. The van der Waals surface area contributed by atoms with Gasteiger partial charge >= 0.3 is 11.6 Å². The molecule has 0 fully saturated rings. The van der Waals surface area contributed by atoms with Crippen molar-refractivity contribution < 1.29 is 14.5 Å². The van der Waals surface area contributed by atoms with Crippen LogP contribution in [0.1, 0.15) is 27.2 Å². The highest BCUT2D eigenvalue weighted by Gasteiger charge is 2.21. The highest BCUT2D eigenvalue weighted by Crippen LogP contribution is 2.17. The molecule has 0 saturated heterocycles. The van der Waals surface area contributed by atoms with Crippen LogP contribution in [0.25, 0.3) is 16.7 Å². The molecule has 4 rings (SSSR count). The van der Waals surface area contributed by atoms with Gasteiger partial charge in [-0.05, 0) is 49.2 Å². The number of aryl methyl sites for hydroxylation is 2. The number of hydrogen-bond acceptors (Lipinski definition) is 2. The maximum atomic E-state index is 11.0. The van der Waals surface area contributed by atoms with Gasteiger partial charge in [0, 0.05) is 6.07 Å². The molecule has 0 bridgehead atoms. The first-order valence-corrected chi connectivity index (χ1v) is 8.14. The molecule has 0 aliphatic rings. The standard InChI is InChI=1S/C20H17N3O2/c1-13-11-19-22(12-15-7-9-16(10-8-15)20(24)25)17-5-3-4-6-18(17)23(19)21-14(13)2/h3-11H,12H2,1-2H3/p+1. The topological polar surface area (TPSA) is 58.5 Å². The van der Waals surface area contributed by atoms with Crippen LogP contribution in [0.2, 0.25) is 0 Å².